The van der Waals surface area contributed by atoms with Crippen molar-refractivity contribution in [3.05, 3.63) is 24.3 Å². The van der Waals surface area contributed by atoms with Gasteiger partial charge in [0, 0.05) is 30.6 Å². The minimum Gasteiger partial charge on any atom is -0.385 e. The van der Waals surface area contributed by atoms with Gasteiger partial charge < -0.3 is 15.4 Å². The van der Waals surface area contributed by atoms with Crippen molar-refractivity contribution in [1.82, 2.24) is 0 Å². The van der Waals surface area contributed by atoms with Crippen LogP contribution in [-0.4, -0.2) is 25.3 Å². The van der Waals surface area contributed by atoms with Crippen LogP contribution in [0.3, 0.4) is 0 Å². The Labute approximate surface area is 136 Å². The number of ether oxygens (including phenoxy) is 1. The largest absolute Gasteiger partial charge is 0.385 e. The summed E-state index contributed by atoms with van der Waals surface area (Å²) in [6.45, 7) is 10.4. The lowest BCUT2D eigenvalue weighted by Crippen LogP contribution is -2.14. The van der Waals surface area contributed by atoms with E-state index >= 15 is 0 Å². The number of nitrogens with one attached hydrogen (secondary N) is 2. The first-order valence-corrected chi connectivity index (χ1v) is 8.84. The summed E-state index contributed by atoms with van der Waals surface area (Å²) in [6, 6.07) is 9.14. The highest BCUT2D eigenvalue weighted by molar-refractivity contribution is 5.53. The van der Waals surface area contributed by atoms with Gasteiger partial charge in [-0.1, -0.05) is 26.2 Å². The Morgan fingerprint density at radius 1 is 0.955 bits per heavy atom. The van der Waals surface area contributed by atoms with E-state index in [4.69, 9.17) is 4.74 Å². The van der Waals surface area contributed by atoms with Crippen LogP contribution in [0.4, 0.5) is 11.4 Å². The van der Waals surface area contributed by atoms with Crippen LogP contribution in [0.25, 0.3) is 0 Å². The summed E-state index contributed by atoms with van der Waals surface area (Å²) in [7, 11) is 0. The molecule has 126 valence electrons. The summed E-state index contributed by atoms with van der Waals surface area (Å²) < 4.78 is 5.53. The normalized spacial score (nSPS) is 12.4. The van der Waals surface area contributed by atoms with Gasteiger partial charge in [0.2, 0.25) is 0 Å². The van der Waals surface area contributed by atoms with Crippen LogP contribution in [-0.2, 0) is 4.74 Å². The van der Waals surface area contributed by atoms with E-state index in [0.29, 0.717) is 12.1 Å². The van der Waals surface area contributed by atoms with Crippen LogP contribution >= 0.6 is 0 Å². The second kappa shape index (κ2) is 11.4. The zero-order valence-electron chi connectivity index (χ0n) is 14.8. The van der Waals surface area contributed by atoms with Gasteiger partial charge in [-0.05, 0) is 57.9 Å². The number of anilines is 2. The van der Waals surface area contributed by atoms with Gasteiger partial charge in [-0.25, -0.2) is 0 Å². The van der Waals surface area contributed by atoms with Crippen LogP contribution in [0, 0.1) is 0 Å². The molecular formula is C19H34N2O. The molecule has 0 spiro atoms. The van der Waals surface area contributed by atoms with Crippen LogP contribution in [0.2, 0.25) is 0 Å². The molecule has 0 aromatic heterocycles. The van der Waals surface area contributed by atoms with Gasteiger partial charge in [-0.15, -0.1) is 0 Å². The zero-order valence-corrected chi connectivity index (χ0v) is 14.8. The molecule has 0 fully saturated rings. The molecule has 0 aliphatic rings. The lowest BCUT2D eigenvalue weighted by Gasteiger charge is -2.15. The van der Waals surface area contributed by atoms with Crippen LogP contribution < -0.4 is 10.6 Å². The maximum Gasteiger partial charge on any atom is 0.0518 e. The molecule has 1 rings (SSSR count). The molecular weight excluding hydrogens is 272 g/mol. The monoisotopic (exact) mass is 306 g/mol. The number of hydrogen-bond acceptors (Lipinski definition) is 3. The molecule has 0 aliphatic heterocycles. The van der Waals surface area contributed by atoms with Crippen LogP contribution in [0.1, 0.15) is 59.8 Å². The van der Waals surface area contributed by atoms with Gasteiger partial charge >= 0.3 is 0 Å². The fraction of sp³-hybridized carbons (Fsp3) is 0.684. The van der Waals surface area contributed by atoms with Gasteiger partial charge in [0.05, 0.1) is 6.10 Å². The molecule has 0 saturated heterocycles. The van der Waals surface area contributed by atoms with Gasteiger partial charge in [-0.2, -0.15) is 0 Å². The number of rotatable bonds is 12. The Morgan fingerprint density at radius 2 is 1.64 bits per heavy atom. The zero-order chi connectivity index (χ0) is 16.2. The van der Waals surface area contributed by atoms with Crippen molar-refractivity contribution in [1.29, 1.82) is 0 Å². The highest BCUT2D eigenvalue weighted by atomic mass is 16.5. The van der Waals surface area contributed by atoms with E-state index in [0.717, 1.165) is 19.6 Å². The minimum atomic E-state index is 0.324. The van der Waals surface area contributed by atoms with Crippen molar-refractivity contribution in [2.24, 2.45) is 0 Å². The second-order valence-corrected chi connectivity index (χ2v) is 6.32. The molecule has 1 atom stereocenters. The van der Waals surface area contributed by atoms with Gasteiger partial charge in [0.25, 0.3) is 0 Å². The van der Waals surface area contributed by atoms with Crippen molar-refractivity contribution >= 4 is 11.4 Å². The maximum absolute atomic E-state index is 5.53. The Bertz CT molecular complexity index is 376. The first-order chi connectivity index (χ1) is 10.6. The predicted octanol–water partition coefficient (Wildman–Crippen LogP) is 5.29. The predicted molar refractivity (Wildman–Crippen MR) is 97.9 cm³/mol. The Balaban J connectivity index is 2.22. The summed E-state index contributed by atoms with van der Waals surface area (Å²) in [5, 5.41) is 7.00. The van der Waals surface area contributed by atoms with Crippen molar-refractivity contribution < 1.29 is 4.74 Å². The third kappa shape index (κ3) is 8.93. The summed E-state index contributed by atoms with van der Waals surface area (Å²) in [5.41, 5.74) is 2.38. The van der Waals surface area contributed by atoms with E-state index in [1.165, 1.54) is 37.1 Å². The molecule has 0 aliphatic carbocycles. The average Bonchev–Trinajstić information content (AvgIpc) is 2.48. The summed E-state index contributed by atoms with van der Waals surface area (Å²) in [6.07, 6.45) is 6.52. The third-order valence-electron chi connectivity index (χ3n) is 3.64. The topological polar surface area (TPSA) is 33.3 Å². The van der Waals surface area contributed by atoms with Crippen molar-refractivity contribution in [3.8, 4) is 0 Å². The molecule has 0 radical (unpaired) electrons. The first kappa shape index (κ1) is 18.8. The van der Waals surface area contributed by atoms with Gasteiger partial charge in [0.15, 0.2) is 0 Å². The van der Waals surface area contributed by atoms with E-state index in [2.05, 4.69) is 62.6 Å². The van der Waals surface area contributed by atoms with Crippen molar-refractivity contribution in [2.45, 2.75) is 71.9 Å². The molecule has 0 bridgehead atoms. The highest BCUT2D eigenvalue weighted by Crippen LogP contribution is 2.16. The van der Waals surface area contributed by atoms with E-state index in [-0.39, 0.29) is 0 Å². The standard InChI is InChI=1S/C19H34N2O/c1-5-6-7-9-17(4)21-19-12-10-18(11-13-19)20-14-8-15-22-16(2)3/h10-13,16-17,20-21H,5-9,14-15H2,1-4H3. The molecule has 3 nitrogen and oxygen atoms in total. The number of hydrogen-bond donors (Lipinski definition) is 2. The number of benzene rings is 1. The lowest BCUT2D eigenvalue weighted by molar-refractivity contribution is 0.0787. The molecule has 1 aromatic rings. The molecule has 1 aromatic carbocycles. The maximum atomic E-state index is 5.53. The van der Waals surface area contributed by atoms with Crippen molar-refractivity contribution in [2.75, 3.05) is 23.8 Å². The molecule has 3 heteroatoms. The van der Waals surface area contributed by atoms with Gasteiger partial charge in [0.1, 0.15) is 0 Å². The molecule has 2 N–H and O–H groups in total. The van der Waals surface area contributed by atoms with E-state index < -0.39 is 0 Å². The quantitative estimate of drug-likeness (QED) is 0.514. The van der Waals surface area contributed by atoms with E-state index in [1.54, 1.807) is 0 Å². The van der Waals surface area contributed by atoms with Gasteiger partial charge in [-0.3, -0.25) is 0 Å². The van der Waals surface area contributed by atoms with E-state index in [1.807, 2.05) is 0 Å². The summed E-state index contributed by atoms with van der Waals surface area (Å²) in [4.78, 5) is 0. The molecule has 0 heterocycles. The third-order valence-corrected chi connectivity index (χ3v) is 3.64. The number of unbranched alkanes of at least 4 members (excludes halogenated alkanes) is 2. The minimum absolute atomic E-state index is 0.324. The Hall–Kier alpha value is -1.22. The highest BCUT2D eigenvalue weighted by Gasteiger charge is 2.02. The first-order valence-electron chi connectivity index (χ1n) is 8.84. The van der Waals surface area contributed by atoms with Crippen LogP contribution in [0.5, 0.6) is 0 Å². The Kier molecular flexibility index (Phi) is 9.72. The summed E-state index contributed by atoms with van der Waals surface area (Å²) >= 11 is 0. The molecule has 0 amide bonds. The van der Waals surface area contributed by atoms with E-state index in [9.17, 15) is 0 Å². The fourth-order valence-electron chi connectivity index (χ4n) is 2.37. The molecule has 22 heavy (non-hydrogen) atoms. The molecule has 0 saturated carbocycles. The Morgan fingerprint density at radius 3 is 2.27 bits per heavy atom. The van der Waals surface area contributed by atoms with Crippen molar-refractivity contribution in [3.63, 3.8) is 0 Å². The summed E-state index contributed by atoms with van der Waals surface area (Å²) in [5.74, 6) is 0. The molecule has 1 unspecified atom stereocenters. The lowest BCUT2D eigenvalue weighted by atomic mass is 10.1. The van der Waals surface area contributed by atoms with Crippen LogP contribution in [0.15, 0.2) is 24.3 Å². The second-order valence-electron chi connectivity index (χ2n) is 6.32. The smallest absolute Gasteiger partial charge is 0.0518 e. The fourth-order valence-corrected chi connectivity index (χ4v) is 2.37. The average molecular weight is 306 g/mol. The SMILES string of the molecule is CCCCCC(C)Nc1ccc(NCCCOC(C)C)cc1.